The molecule has 0 bridgehead atoms. The number of nitrogens with zero attached hydrogens (tertiary/aromatic N) is 2. The summed E-state index contributed by atoms with van der Waals surface area (Å²) in [6.07, 6.45) is 1.05. The first-order valence-corrected chi connectivity index (χ1v) is 7.10. The zero-order chi connectivity index (χ0) is 13.9. The Labute approximate surface area is 107 Å². The third-order valence-electron chi connectivity index (χ3n) is 2.34. The Bertz CT molecular complexity index is 540. The molecule has 0 saturated carbocycles. The fraction of sp³-hybridized carbons (Fsp3) is 0.364. The maximum Gasteiger partial charge on any atom is 0.242 e. The summed E-state index contributed by atoms with van der Waals surface area (Å²) in [5, 5.41) is 0. The van der Waals surface area contributed by atoms with Gasteiger partial charge in [0, 0.05) is 19.8 Å². The van der Waals surface area contributed by atoms with E-state index in [1.54, 1.807) is 32.3 Å². The quantitative estimate of drug-likeness (QED) is 0.789. The van der Waals surface area contributed by atoms with E-state index < -0.39 is 10.0 Å². The molecule has 0 aliphatic heterocycles. The van der Waals surface area contributed by atoms with Crippen LogP contribution in [0.25, 0.3) is 0 Å². The van der Waals surface area contributed by atoms with E-state index in [1.165, 1.54) is 11.0 Å². The second kappa shape index (κ2) is 5.26. The topological polar surface area (TPSA) is 83.7 Å². The van der Waals surface area contributed by atoms with Gasteiger partial charge in [-0.25, -0.2) is 8.42 Å². The van der Waals surface area contributed by atoms with Gasteiger partial charge in [0.05, 0.1) is 11.9 Å². The third-order valence-corrected chi connectivity index (χ3v) is 3.48. The Balaban J connectivity index is 3.12. The zero-order valence-corrected chi connectivity index (χ0v) is 11.4. The molecule has 6 nitrogen and oxygen atoms in total. The van der Waals surface area contributed by atoms with E-state index in [9.17, 15) is 13.2 Å². The van der Waals surface area contributed by atoms with Gasteiger partial charge in [-0.2, -0.15) is 0 Å². The second-order valence-corrected chi connectivity index (χ2v) is 6.06. The Hall–Kier alpha value is -1.76. The van der Waals surface area contributed by atoms with Gasteiger partial charge in [-0.3, -0.25) is 9.10 Å². The van der Waals surface area contributed by atoms with Crippen LogP contribution in [0.4, 0.5) is 11.4 Å². The fourth-order valence-corrected chi connectivity index (χ4v) is 2.19. The van der Waals surface area contributed by atoms with Crippen LogP contribution >= 0.6 is 0 Å². The highest BCUT2D eigenvalue weighted by Crippen LogP contribution is 2.20. The van der Waals surface area contributed by atoms with Crippen molar-refractivity contribution >= 4 is 27.3 Å². The number of carbonyl (C=O) groups excluding carboxylic acids is 1. The fourth-order valence-electron chi connectivity index (χ4n) is 1.34. The van der Waals surface area contributed by atoms with Crippen LogP contribution < -0.4 is 10.0 Å². The molecular weight excluding hydrogens is 254 g/mol. The monoisotopic (exact) mass is 271 g/mol. The number of amides is 1. The molecule has 0 aliphatic rings. The summed E-state index contributed by atoms with van der Waals surface area (Å²) < 4.78 is 24.5. The van der Waals surface area contributed by atoms with Gasteiger partial charge in [-0.05, 0) is 18.2 Å². The molecule has 2 N–H and O–H groups in total. The number of anilines is 2. The van der Waals surface area contributed by atoms with E-state index in [0.717, 1.165) is 10.6 Å². The van der Waals surface area contributed by atoms with Crippen molar-refractivity contribution in [3.05, 3.63) is 24.3 Å². The van der Waals surface area contributed by atoms with Crippen molar-refractivity contribution in [2.24, 2.45) is 0 Å². The van der Waals surface area contributed by atoms with Crippen molar-refractivity contribution in [3.8, 4) is 0 Å². The van der Waals surface area contributed by atoms with Crippen LogP contribution in [0.5, 0.6) is 0 Å². The Morgan fingerprint density at radius 3 is 2.39 bits per heavy atom. The number of benzene rings is 1. The molecule has 0 saturated heterocycles. The molecule has 0 spiro atoms. The lowest BCUT2D eigenvalue weighted by Crippen LogP contribution is -2.39. The normalized spacial score (nSPS) is 11.1. The van der Waals surface area contributed by atoms with Crippen LogP contribution in [-0.2, 0) is 14.8 Å². The highest BCUT2D eigenvalue weighted by Gasteiger charge is 2.21. The van der Waals surface area contributed by atoms with Crippen molar-refractivity contribution in [3.63, 3.8) is 0 Å². The minimum absolute atomic E-state index is 0.241. The van der Waals surface area contributed by atoms with Gasteiger partial charge in [0.1, 0.15) is 6.54 Å². The third kappa shape index (κ3) is 3.63. The molecule has 1 amide bonds. The summed E-state index contributed by atoms with van der Waals surface area (Å²) >= 11 is 0. The Kier molecular flexibility index (Phi) is 4.18. The SMILES string of the molecule is CN(C)C(=O)CN(c1cccc(N)c1)S(C)(=O)=O. The maximum absolute atomic E-state index is 11.7. The van der Waals surface area contributed by atoms with Crippen molar-refractivity contribution in [1.29, 1.82) is 0 Å². The molecule has 0 aromatic heterocycles. The molecule has 0 heterocycles. The van der Waals surface area contributed by atoms with E-state index >= 15 is 0 Å². The average Bonchev–Trinajstić information content (AvgIpc) is 2.23. The summed E-state index contributed by atoms with van der Waals surface area (Å²) in [5.74, 6) is -0.303. The number of carbonyl (C=O) groups is 1. The minimum Gasteiger partial charge on any atom is -0.399 e. The van der Waals surface area contributed by atoms with Crippen LogP contribution in [0.15, 0.2) is 24.3 Å². The van der Waals surface area contributed by atoms with Crippen molar-refractivity contribution in [2.75, 3.05) is 36.9 Å². The summed E-state index contributed by atoms with van der Waals surface area (Å²) in [6.45, 7) is -0.241. The van der Waals surface area contributed by atoms with Crippen LogP contribution in [0.2, 0.25) is 0 Å². The van der Waals surface area contributed by atoms with Crippen molar-refractivity contribution in [1.82, 2.24) is 4.90 Å². The number of hydrogen-bond acceptors (Lipinski definition) is 4. The number of nitrogen functional groups attached to an aromatic ring is 1. The van der Waals surface area contributed by atoms with E-state index in [0.29, 0.717) is 11.4 Å². The molecule has 0 unspecified atom stereocenters. The standard InChI is InChI=1S/C11H17N3O3S/c1-13(2)11(15)8-14(18(3,16)17)10-6-4-5-9(12)7-10/h4-7H,8,12H2,1-3H3. The molecule has 7 heteroatoms. The molecule has 18 heavy (non-hydrogen) atoms. The van der Waals surface area contributed by atoms with Crippen LogP contribution in [0, 0.1) is 0 Å². The van der Waals surface area contributed by atoms with Crippen LogP contribution in [0.3, 0.4) is 0 Å². The molecule has 0 fully saturated rings. The second-order valence-electron chi connectivity index (χ2n) is 4.15. The summed E-state index contributed by atoms with van der Waals surface area (Å²) in [5.41, 5.74) is 6.44. The van der Waals surface area contributed by atoms with E-state index in [-0.39, 0.29) is 12.5 Å². The average molecular weight is 271 g/mol. The smallest absolute Gasteiger partial charge is 0.242 e. The summed E-state index contributed by atoms with van der Waals surface area (Å²) in [6, 6.07) is 6.41. The first-order chi connectivity index (χ1) is 8.21. The molecule has 0 radical (unpaired) electrons. The molecular formula is C11H17N3O3S. The number of rotatable bonds is 4. The molecule has 1 aromatic carbocycles. The zero-order valence-electron chi connectivity index (χ0n) is 10.6. The molecule has 1 rings (SSSR count). The van der Waals surface area contributed by atoms with Gasteiger partial charge in [-0.15, -0.1) is 0 Å². The van der Waals surface area contributed by atoms with Crippen molar-refractivity contribution in [2.45, 2.75) is 0 Å². The van der Waals surface area contributed by atoms with Gasteiger partial charge in [0.15, 0.2) is 0 Å². The lowest BCUT2D eigenvalue weighted by atomic mass is 10.3. The molecule has 1 aromatic rings. The van der Waals surface area contributed by atoms with Gasteiger partial charge in [0.25, 0.3) is 0 Å². The van der Waals surface area contributed by atoms with Gasteiger partial charge in [0.2, 0.25) is 15.9 Å². The minimum atomic E-state index is -3.53. The number of nitrogens with two attached hydrogens (primary N) is 1. The number of sulfonamides is 1. The van der Waals surface area contributed by atoms with Gasteiger partial charge >= 0.3 is 0 Å². The number of hydrogen-bond donors (Lipinski definition) is 1. The lowest BCUT2D eigenvalue weighted by Gasteiger charge is -2.23. The highest BCUT2D eigenvalue weighted by atomic mass is 32.2. The van der Waals surface area contributed by atoms with E-state index in [4.69, 9.17) is 5.73 Å². The Morgan fingerprint density at radius 2 is 1.94 bits per heavy atom. The van der Waals surface area contributed by atoms with E-state index in [1.807, 2.05) is 0 Å². The lowest BCUT2D eigenvalue weighted by molar-refractivity contribution is -0.127. The first kappa shape index (κ1) is 14.3. The van der Waals surface area contributed by atoms with Crippen LogP contribution in [0.1, 0.15) is 0 Å². The summed E-state index contributed by atoms with van der Waals surface area (Å²) in [4.78, 5) is 13.0. The van der Waals surface area contributed by atoms with Crippen LogP contribution in [-0.4, -0.2) is 46.1 Å². The summed E-state index contributed by atoms with van der Waals surface area (Å²) in [7, 11) is -0.390. The van der Waals surface area contributed by atoms with E-state index in [2.05, 4.69) is 0 Å². The highest BCUT2D eigenvalue weighted by molar-refractivity contribution is 7.92. The van der Waals surface area contributed by atoms with Gasteiger partial charge < -0.3 is 10.6 Å². The van der Waals surface area contributed by atoms with Crippen molar-refractivity contribution < 1.29 is 13.2 Å². The Morgan fingerprint density at radius 1 is 1.33 bits per heavy atom. The van der Waals surface area contributed by atoms with Gasteiger partial charge in [-0.1, -0.05) is 6.07 Å². The molecule has 0 aliphatic carbocycles. The largest absolute Gasteiger partial charge is 0.399 e. The maximum atomic E-state index is 11.7. The molecule has 100 valence electrons. The number of likely N-dealkylation sites (N-methyl/N-ethyl adjacent to an activating group) is 1. The predicted molar refractivity (Wildman–Crippen MR) is 71.7 cm³/mol. The molecule has 0 atom stereocenters. The first-order valence-electron chi connectivity index (χ1n) is 5.25. The predicted octanol–water partition coefficient (Wildman–Crippen LogP) is 0.123.